The van der Waals surface area contributed by atoms with E-state index in [0.29, 0.717) is 24.0 Å². The minimum absolute atomic E-state index is 0.0349. The summed E-state index contributed by atoms with van der Waals surface area (Å²) in [5.41, 5.74) is 2.52. The molecule has 2 heterocycles. The molecule has 3 atom stereocenters. The fraction of sp³-hybridized carbons (Fsp3) is 0.229. The van der Waals surface area contributed by atoms with Gasteiger partial charge in [0, 0.05) is 12.6 Å². The SMILES string of the molecule is O=C(O)[C@@H]1[C@H]2CC[C@@H](CN1C(=O)C(c1ccc(F)cc1)c1ccc(F)cc1)N2C(=O)C(c1ccccc1)c1ccccc1. The molecular weight excluding hydrogens is 550 g/mol. The first-order valence-electron chi connectivity index (χ1n) is 14.3. The monoisotopic (exact) mass is 580 g/mol. The van der Waals surface area contributed by atoms with Gasteiger partial charge in [-0.1, -0.05) is 84.9 Å². The number of fused-ring (bicyclic) bond motifs is 2. The number of carbonyl (C=O) groups excluding carboxylic acids is 2. The smallest absolute Gasteiger partial charge is 0.328 e. The van der Waals surface area contributed by atoms with Gasteiger partial charge in [-0.25, -0.2) is 13.6 Å². The first kappa shape index (κ1) is 28.3. The predicted molar refractivity (Wildman–Crippen MR) is 156 cm³/mol. The Hall–Kier alpha value is -4.85. The van der Waals surface area contributed by atoms with Gasteiger partial charge in [-0.15, -0.1) is 0 Å². The van der Waals surface area contributed by atoms with Gasteiger partial charge >= 0.3 is 5.97 Å². The summed E-state index contributed by atoms with van der Waals surface area (Å²) in [6.07, 6.45) is 0.989. The lowest BCUT2D eigenvalue weighted by Crippen LogP contribution is -2.66. The highest BCUT2D eigenvalue weighted by atomic mass is 19.1. The number of piperazine rings is 1. The van der Waals surface area contributed by atoms with Gasteiger partial charge in [-0.05, 0) is 59.4 Å². The molecule has 0 unspecified atom stereocenters. The Kier molecular flexibility index (Phi) is 7.76. The minimum Gasteiger partial charge on any atom is -0.480 e. The fourth-order valence-electron chi connectivity index (χ4n) is 6.69. The second-order valence-electron chi connectivity index (χ2n) is 11.1. The summed E-state index contributed by atoms with van der Waals surface area (Å²) in [5, 5.41) is 10.5. The summed E-state index contributed by atoms with van der Waals surface area (Å²) in [5.74, 6) is -4.46. The van der Waals surface area contributed by atoms with Crippen LogP contribution >= 0.6 is 0 Å². The first-order chi connectivity index (χ1) is 20.8. The molecule has 43 heavy (non-hydrogen) atoms. The summed E-state index contributed by atoms with van der Waals surface area (Å²) in [4.78, 5) is 44.7. The maximum Gasteiger partial charge on any atom is 0.328 e. The molecule has 2 fully saturated rings. The van der Waals surface area contributed by atoms with Crippen molar-refractivity contribution in [3.8, 4) is 0 Å². The Morgan fingerprint density at radius 3 is 1.53 bits per heavy atom. The molecule has 2 aliphatic heterocycles. The van der Waals surface area contributed by atoms with Crippen molar-refractivity contribution in [3.05, 3.63) is 143 Å². The highest BCUT2D eigenvalue weighted by Crippen LogP contribution is 2.40. The number of halogens is 2. The molecule has 2 amide bonds. The number of amides is 2. The van der Waals surface area contributed by atoms with Crippen LogP contribution in [0.1, 0.15) is 46.9 Å². The summed E-state index contributed by atoms with van der Waals surface area (Å²) in [6.45, 7) is 0.0349. The highest BCUT2D eigenvalue weighted by molar-refractivity contribution is 5.93. The lowest BCUT2D eigenvalue weighted by atomic mass is 9.87. The highest BCUT2D eigenvalue weighted by Gasteiger charge is 2.54. The van der Waals surface area contributed by atoms with E-state index in [1.54, 1.807) is 4.90 Å². The van der Waals surface area contributed by atoms with Gasteiger partial charge in [-0.3, -0.25) is 9.59 Å². The zero-order valence-electron chi connectivity index (χ0n) is 23.2. The predicted octanol–water partition coefficient (Wildman–Crippen LogP) is 5.58. The van der Waals surface area contributed by atoms with E-state index in [1.165, 1.54) is 53.4 Å². The molecule has 6 nitrogen and oxygen atoms in total. The van der Waals surface area contributed by atoms with Crippen molar-refractivity contribution in [3.63, 3.8) is 0 Å². The molecule has 2 saturated heterocycles. The van der Waals surface area contributed by atoms with Crippen LogP contribution in [0.15, 0.2) is 109 Å². The van der Waals surface area contributed by atoms with Crippen LogP contribution in [0, 0.1) is 11.6 Å². The molecule has 218 valence electrons. The molecule has 2 aliphatic rings. The maximum absolute atomic E-state index is 14.4. The molecule has 6 rings (SSSR count). The van der Waals surface area contributed by atoms with Crippen molar-refractivity contribution in [2.45, 2.75) is 42.8 Å². The molecule has 1 N–H and O–H groups in total. The topological polar surface area (TPSA) is 77.9 Å². The molecule has 2 bridgehead atoms. The van der Waals surface area contributed by atoms with Crippen LogP contribution in [0.4, 0.5) is 8.78 Å². The molecule has 0 radical (unpaired) electrons. The Labute approximate surface area is 248 Å². The van der Waals surface area contributed by atoms with Crippen LogP contribution in [0.25, 0.3) is 0 Å². The maximum atomic E-state index is 14.4. The van der Waals surface area contributed by atoms with E-state index in [-0.39, 0.29) is 18.5 Å². The number of carboxylic acid groups (broad SMARTS) is 1. The van der Waals surface area contributed by atoms with Crippen LogP contribution in [0.5, 0.6) is 0 Å². The molecule has 4 aromatic carbocycles. The number of rotatable bonds is 7. The van der Waals surface area contributed by atoms with Crippen LogP contribution in [0.3, 0.4) is 0 Å². The minimum atomic E-state index is -1.29. The molecule has 0 spiro atoms. The van der Waals surface area contributed by atoms with Crippen molar-refractivity contribution >= 4 is 17.8 Å². The van der Waals surface area contributed by atoms with Crippen molar-refractivity contribution in [1.29, 1.82) is 0 Å². The summed E-state index contributed by atoms with van der Waals surface area (Å²) in [6, 6.07) is 27.3. The average molecular weight is 581 g/mol. The van der Waals surface area contributed by atoms with Crippen LogP contribution in [-0.4, -0.2) is 57.4 Å². The van der Waals surface area contributed by atoms with Gasteiger partial charge in [-0.2, -0.15) is 0 Å². The Balaban J connectivity index is 1.37. The second kappa shape index (κ2) is 11.8. The normalized spacial score (nSPS) is 19.6. The number of hydrogen-bond donors (Lipinski definition) is 1. The zero-order chi connectivity index (χ0) is 30.1. The van der Waals surface area contributed by atoms with Gasteiger partial charge < -0.3 is 14.9 Å². The third-order valence-electron chi connectivity index (χ3n) is 8.61. The number of aliphatic carboxylic acids is 1. The third kappa shape index (κ3) is 5.41. The standard InChI is InChI=1S/C35H30F2N2O4/c36-26-15-11-24(12-16-26)30(25-13-17-27(37)18-14-25)33(40)38-21-28-19-20-29(32(38)35(42)43)39(28)34(41)31(22-7-3-1-4-8-22)23-9-5-2-6-10-23/h1-18,28-32H,19-21H2,(H,42,43)/t28-,29+,32-/m0/s1. The first-order valence-corrected chi connectivity index (χ1v) is 14.3. The van der Waals surface area contributed by atoms with E-state index in [9.17, 15) is 28.3 Å². The van der Waals surface area contributed by atoms with E-state index in [0.717, 1.165) is 11.1 Å². The van der Waals surface area contributed by atoms with Gasteiger partial charge in [0.15, 0.2) is 0 Å². The number of likely N-dealkylation sites (tertiary alicyclic amines) is 1. The fourth-order valence-corrected chi connectivity index (χ4v) is 6.69. The number of hydrogen-bond acceptors (Lipinski definition) is 3. The van der Waals surface area contributed by atoms with Crippen molar-refractivity contribution < 1.29 is 28.3 Å². The number of nitrogens with zero attached hydrogens (tertiary/aromatic N) is 2. The Bertz CT molecular complexity index is 1530. The third-order valence-corrected chi connectivity index (χ3v) is 8.61. The van der Waals surface area contributed by atoms with Gasteiger partial charge in [0.25, 0.3) is 0 Å². The lowest BCUT2D eigenvalue weighted by Gasteiger charge is -2.47. The summed E-state index contributed by atoms with van der Waals surface area (Å²) >= 11 is 0. The summed E-state index contributed by atoms with van der Waals surface area (Å²) < 4.78 is 27.6. The van der Waals surface area contributed by atoms with Crippen molar-refractivity contribution in [2.75, 3.05) is 6.54 Å². The molecular formula is C35H30F2N2O4. The molecule has 0 aromatic heterocycles. The number of carboxylic acids is 1. The quantitative estimate of drug-likeness (QED) is 0.310. The van der Waals surface area contributed by atoms with Gasteiger partial charge in [0.1, 0.15) is 17.7 Å². The van der Waals surface area contributed by atoms with Gasteiger partial charge in [0.05, 0.1) is 17.9 Å². The van der Waals surface area contributed by atoms with Crippen molar-refractivity contribution in [2.24, 2.45) is 0 Å². The van der Waals surface area contributed by atoms with Gasteiger partial charge in [0.2, 0.25) is 11.8 Å². The van der Waals surface area contributed by atoms with E-state index in [4.69, 9.17) is 0 Å². The van der Waals surface area contributed by atoms with E-state index >= 15 is 0 Å². The number of benzene rings is 4. The Morgan fingerprint density at radius 2 is 1.07 bits per heavy atom. The second-order valence-corrected chi connectivity index (χ2v) is 11.1. The molecule has 0 saturated carbocycles. The van der Waals surface area contributed by atoms with E-state index in [2.05, 4.69) is 0 Å². The van der Waals surface area contributed by atoms with Crippen LogP contribution in [0.2, 0.25) is 0 Å². The molecule has 4 aromatic rings. The van der Waals surface area contributed by atoms with Crippen molar-refractivity contribution in [1.82, 2.24) is 9.80 Å². The zero-order valence-corrected chi connectivity index (χ0v) is 23.2. The van der Waals surface area contributed by atoms with Crippen LogP contribution < -0.4 is 0 Å². The van der Waals surface area contributed by atoms with Crippen LogP contribution in [-0.2, 0) is 14.4 Å². The molecule has 8 heteroatoms. The average Bonchev–Trinajstić information content (AvgIpc) is 3.32. The summed E-state index contributed by atoms with van der Waals surface area (Å²) in [7, 11) is 0. The molecule has 0 aliphatic carbocycles. The lowest BCUT2D eigenvalue weighted by molar-refractivity contribution is -0.161. The van der Waals surface area contributed by atoms with E-state index < -0.39 is 47.4 Å². The number of carbonyl (C=O) groups is 3. The van der Waals surface area contributed by atoms with E-state index in [1.807, 2.05) is 60.7 Å². The Morgan fingerprint density at radius 1 is 0.628 bits per heavy atom. The largest absolute Gasteiger partial charge is 0.480 e.